The van der Waals surface area contributed by atoms with Crippen LogP contribution in [0.3, 0.4) is 0 Å². The van der Waals surface area contributed by atoms with Gasteiger partial charge in [-0.1, -0.05) is 18.2 Å². The van der Waals surface area contributed by atoms with Crippen molar-refractivity contribution in [2.75, 3.05) is 0 Å². The third kappa shape index (κ3) is 1.70. The Bertz CT molecular complexity index is 515. The molecule has 2 aromatic rings. The van der Waals surface area contributed by atoms with E-state index >= 15 is 0 Å². The monoisotopic (exact) mass is 198 g/mol. The summed E-state index contributed by atoms with van der Waals surface area (Å²) < 4.78 is 13.3. The van der Waals surface area contributed by atoms with Crippen molar-refractivity contribution in [1.82, 2.24) is 4.98 Å². The predicted octanol–water partition coefficient (Wildman–Crippen LogP) is 2.76. The van der Waals surface area contributed by atoms with E-state index in [1.54, 1.807) is 36.5 Å². The van der Waals surface area contributed by atoms with Crippen LogP contribution in [-0.4, -0.2) is 4.98 Å². The lowest BCUT2D eigenvalue weighted by Gasteiger charge is -2.02. The van der Waals surface area contributed by atoms with Gasteiger partial charge < -0.3 is 0 Å². The third-order valence-corrected chi connectivity index (χ3v) is 2.07. The average Bonchev–Trinajstić information content (AvgIpc) is 2.30. The topological polar surface area (TPSA) is 36.7 Å². The van der Waals surface area contributed by atoms with E-state index in [0.29, 0.717) is 11.3 Å². The lowest BCUT2D eigenvalue weighted by atomic mass is 10.0. The van der Waals surface area contributed by atoms with Crippen LogP contribution in [0.1, 0.15) is 5.56 Å². The van der Waals surface area contributed by atoms with E-state index in [2.05, 4.69) is 4.98 Å². The van der Waals surface area contributed by atoms with Gasteiger partial charge in [0.2, 0.25) is 0 Å². The van der Waals surface area contributed by atoms with E-state index in [4.69, 9.17) is 5.26 Å². The molecule has 1 heterocycles. The van der Waals surface area contributed by atoms with Crippen LogP contribution >= 0.6 is 0 Å². The summed E-state index contributed by atoms with van der Waals surface area (Å²) in [5, 5.41) is 8.84. The first-order valence-electron chi connectivity index (χ1n) is 4.43. The maximum absolute atomic E-state index is 13.3. The van der Waals surface area contributed by atoms with E-state index < -0.39 is 5.82 Å². The summed E-state index contributed by atoms with van der Waals surface area (Å²) in [5.41, 5.74) is 1.17. The van der Waals surface area contributed by atoms with Crippen molar-refractivity contribution in [2.24, 2.45) is 0 Å². The van der Waals surface area contributed by atoms with Crippen LogP contribution in [0.15, 0.2) is 42.6 Å². The van der Waals surface area contributed by atoms with Gasteiger partial charge in [0.25, 0.3) is 0 Å². The quantitative estimate of drug-likeness (QED) is 0.706. The predicted molar refractivity (Wildman–Crippen MR) is 54.3 cm³/mol. The molecule has 0 saturated carbocycles. The Hall–Kier alpha value is -2.21. The van der Waals surface area contributed by atoms with Gasteiger partial charge in [-0.05, 0) is 18.2 Å². The van der Waals surface area contributed by atoms with Crippen LogP contribution < -0.4 is 0 Å². The van der Waals surface area contributed by atoms with Gasteiger partial charge in [-0.2, -0.15) is 5.26 Å². The van der Waals surface area contributed by atoms with Gasteiger partial charge in [0.1, 0.15) is 11.9 Å². The molecule has 15 heavy (non-hydrogen) atoms. The van der Waals surface area contributed by atoms with Gasteiger partial charge in [-0.25, -0.2) is 4.39 Å². The molecule has 1 aromatic heterocycles. The summed E-state index contributed by atoms with van der Waals surface area (Å²) in [7, 11) is 0. The number of nitrogens with zero attached hydrogens (tertiary/aromatic N) is 2. The van der Waals surface area contributed by atoms with Crippen LogP contribution in [0.4, 0.5) is 4.39 Å². The Balaban J connectivity index is 2.65. The van der Waals surface area contributed by atoms with Crippen molar-refractivity contribution in [3.8, 4) is 17.3 Å². The minimum absolute atomic E-state index is 0.0381. The summed E-state index contributed by atoms with van der Waals surface area (Å²) >= 11 is 0. The number of hydrogen-bond donors (Lipinski definition) is 0. The normalized spacial score (nSPS) is 9.60. The SMILES string of the molecule is N#Cc1c(F)cccc1-c1ccccn1. The van der Waals surface area contributed by atoms with Crippen LogP contribution in [0.5, 0.6) is 0 Å². The Kier molecular flexibility index (Phi) is 2.42. The number of pyridine rings is 1. The molecule has 0 radical (unpaired) electrons. The van der Waals surface area contributed by atoms with Gasteiger partial charge in [0.05, 0.1) is 11.3 Å². The highest BCUT2D eigenvalue weighted by Gasteiger charge is 2.09. The fraction of sp³-hybridized carbons (Fsp3) is 0. The zero-order chi connectivity index (χ0) is 10.7. The molecule has 2 rings (SSSR count). The molecule has 1 aromatic carbocycles. The minimum atomic E-state index is -0.513. The smallest absolute Gasteiger partial charge is 0.141 e. The highest BCUT2D eigenvalue weighted by atomic mass is 19.1. The summed E-state index contributed by atoms with van der Waals surface area (Å²) in [6, 6.07) is 11.7. The highest BCUT2D eigenvalue weighted by molar-refractivity contribution is 5.67. The molecule has 0 aliphatic carbocycles. The number of hydrogen-bond acceptors (Lipinski definition) is 2. The Labute approximate surface area is 86.6 Å². The molecule has 0 saturated heterocycles. The molecular weight excluding hydrogens is 191 g/mol. The first kappa shape index (κ1) is 9.35. The average molecular weight is 198 g/mol. The van der Waals surface area contributed by atoms with Gasteiger partial charge in [-0.3, -0.25) is 4.98 Å². The first-order valence-corrected chi connectivity index (χ1v) is 4.43. The molecule has 0 fully saturated rings. The van der Waals surface area contributed by atoms with Crippen LogP contribution in [0.2, 0.25) is 0 Å². The van der Waals surface area contributed by atoms with E-state index in [0.717, 1.165) is 0 Å². The molecule has 3 heteroatoms. The van der Waals surface area contributed by atoms with Crippen molar-refractivity contribution in [3.05, 3.63) is 54.0 Å². The number of aromatic nitrogens is 1. The molecule has 0 unspecified atom stereocenters. The lowest BCUT2D eigenvalue weighted by Crippen LogP contribution is -1.90. The van der Waals surface area contributed by atoms with Gasteiger partial charge in [0, 0.05) is 11.8 Å². The second kappa shape index (κ2) is 3.89. The molecule has 0 spiro atoms. The number of rotatable bonds is 1. The van der Waals surface area contributed by atoms with Crippen molar-refractivity contribution in [1.29, 1.82) is 5.26 Å². The Morgan fingerprint density at radius 2 is 2.00 bits per heavy atom. The summed E-state index contributed by atoms with van der Waals surface area (Å²) in [6.45, 7) is 0. The second-order valence-electron chi connectivity index (χ2n) is 2.99. The number of benzene rings is 1. The first-order chi connectivity index (χ1) is 7.33. The van der Waals surface area contributed by atoms with E-state index in [-0.39, 0.29) is 5.56 Å². The molecule has 0 aliphatic rings. The van der Waals surface area contributed by atoms with Crippen molar-refractivity contribution >= 4 is 0 Å². The second-order valence-corrected chi connectivity index (χ2v) is 2.99. The molecule has 2 nitrogen and oxygen atoms in total. The highest BCUT2D eigenvalue weighted by Crippen LogP contribution is 2.22. The van der Waals surface area contributed by atoms with Crippen LogP contribution in [-0.2, 0) is 0 Å². The molecule has 0 atom stereocenters. The van der Waals surface area contributed by atoms with Crippen molar-refractivity contribution < 1.29 is 4.39 Å². The standard InChI is InChI=1S/C12H7FN2/c13-11-5-3-4-9(10(11)8-14)12-6-1-2-7-15-12/h1-7H. The minimum Gasteiger partial charge on any atom is -0.256 e. The van der Waals surface area contributed by atoms with E-state index in [1.165, 1.54) is 6.07 Å². The summed E-state index contributed by atoms with van der Waals surface area (Å²) in [5.74, 6) is -0.513. The van der Waals surface area contributed by atoms with E-state index in [1.807, 2.05) is 6.07 Å². The van der Waals surface area contributed by atoms with Gasteiger partial charge in [0.15, 0.2) is 0 Å². The molecule has 72 valence electrons. The fourth-order valence-electron chi connectivity index (χ4n) is 1.37. The molecule has 0 amide bonds. The maximum atomic E-state index is 13.3. The summed E-state index contributed by atoms with van der Waals surface area (Å²) in [4.78, 5) is 4.08. The Morgan fingerprint density at radius 1 is 1.13 bits per heavy atom. The Morgan fingerprint density at radius 3 is 2.67 bits per heavy atom. The van der Waals surface area contributed by atoms with Crippen molar-refractivity contribution in [3.63, 3.8) is 0 Å². The molecule has 0 aliphatic heterocycles. The van der Waals surface area contributed by atoms with Crippen LogP contribution in [0, 0.1) is 17.1 Å². The van der Waals surface area contributed by atoms with E-state index in [9.17, 15) is 4.39 Å². The molecule has 0 N–H and O–H groups in total. The molecule has 0 bridgehead atoms. The maximum Gasteiger partial charge on any atom is 0.141 e. The zero-order valence-corrected chi connectivity index (χ0v) is 7.81. The third-order valence-electron chi connectivity index (χ3n) is 2.07. The number of nitriles is 1. The van der Waals surface area contributed by atoms with Crippen LogP contribution in [0.25, 0.3) is 11.3 Å². The van der Waals surface area contributed by atoms with Gasteiger partial charge >= 0.3 is 0 Å². The number of halogens is 1. The fourth-order valence-corrected chi connectivity index (χ4v) is 1.37. The largest absolute Gasteiger partial charge is 0.256 e. The molecular formula is C12H7FN2. The lowest BCUT2D eigenvalue weighted by molar-refractivity contribution is 0.624. The van der Waals surface area contributed by atoms with Gasteiger partial charge in [-0.15, -0.1) is 0 Å². The zero-order valence-electron chi connectivity index (χ0n) is 7.81. The summed E-state index contributed by atoms with van der Waals surface area (Å²) in [6.07, 6.45) is 1.61. The van der Waals surface area contributed by atoms with Crippen molar-refractivity contribution in [2.45, 2.75) is 0 Å².